The molecule has 0 saturated carbocycles. The molecular formula is C19H20F3N5O. The van der Waals surface area contributed by atoms with Gasteiger partial charge in [0.1, 0.15) is 11.2 Å². The number of nitrogens with zero attached hydrogens (tertiary/aromatic N) is 5. The van der Waals surface area contributed by atoms with E-state index in [2.05, 4.69) is 20.0 Å². The lowest BCUT2D eigenvalue weighted by molar-refractivity contribution is -0.141. The Balaban J connectivity index is 1.36. The maximum Gasteiger partial charge on any atom is 0.433 e. The van der Waals surface area contributed by atoms with Crippen molar-refractivity contribution >= 4 is 11.3 Å². The van der Waals surface area contributed by atoms with E-state index in [-0.39, 0.29) is 11.8 Å². The van der Waals surface area contributed by atoms with E-state index in [0.717, 1.165) is 49.0 Å². The third-order valence-corrected chi connectivity index (χ3v) is 4.89. The number of anilines is 1. The molecule has 0 bridgehead atoms. The summed E-state index contributed by atoms with van der Waals surface area (Å²) in [5.41, 5.74) is 0.976. The van der Waals surface area contributed by atoms with E-state index in [4.69, 9.17) is 4.74 Å². The Labute approximate surface area is 160 Å². The summed E-state index contributed by atoms with van der Waals surface area (Å²) in [5.74, 6) is 1.18. The smallest absolute Gasteiger partial charge is 0.433 e. The molecule has 3 aromatic heterocycles. The lowest BCUT2D eigenvalue weighted by atomic mass is 9.98. The molecule has 0 N–H and O–H groups in total. The van der Waals surface area contributed by atoms with E-state index in [9.17, 15) is 13.2 Å². The molecule has 1 fully saturated rings. The van der Waals surface area contributed by atoms with Crippen molar-refractivity contribution in [3.63, 3.8) is 0 Å². The van der Waals surface area contributed by atoms with Gasteiger partial charge in [0.15, 0.2) is 5.82 Å². The van der Waals surface area contributed by atoms with Crippen LogP contribution in [0.25, 0.3) is 5.52 Å². The lowest BCUT2D eigenvalue weighted by Crippen LogP contribution is -2.36. The monoisotopic (exact) mass is 391 g/mol. The van der Waals surface area contributed by atoms with Crippen molar-refractivity contribution in [1.29, 1.82) is 0 Å². The van der Waals surface area contributed by atoms with Gasteiger partial charge in [-0.1, -0.05) is 6.07 Å². The molecular weight excluding hydrogens is 371 g/mol. The first kappa shape index (κ1) is 18.5. The average molecular weight is 391 g/mol. The Kier molecular flexibility index (Phi) is 4.82. The fourth-order valence-corrected chi connectivity index (χ4v) is 3.44. The minimum absolute atomic E-state index is 0.0124. The number of aryl methyl sites for hydroxylation is 1. The molecule has 4 heterocycles. The second-order valence-corrected chi connectivity index (χ2v) is 6.97. The zero-order valence-electron chi connectivity index (χ0n) is 15.4. The van der Waals surface area contributed by atoms with Crippen LogP contribution in [0, 0.1) is 12.8 Å². The van der Waals surface area contributed by atoms with Gasteiger partial charge < -0.3 is 9.64 Å². The second kappa shape index (κ2) is 7.29. The molecule has 0 spiro atoms. The average Bonchev–Trinajstić information content (AvgIpc) is 3.06. The SMILES string of the molecule is Cc1cc2c(N3CCC(COc4cccc(C(F)(F)F)n4)CC3)nccn2n1. The van der Waals surface area contributed by atoms with Crippen molar-refractivity contribution < 1.29 is 17.9 Å². The molecule has 1 saturated heterocycles. The molecule has 6 nitrogen and oxygen atoms in total. The first-order chi connectivity index (χ1) is 13.4. The van der Waals surface area contributed by atoms with Crippen molar-refractivity contribution in [1.82, 2.24) is 19.6 Å². The van der Waals surface area contributed by atoms with Crippen LogP contribution in [0.1, 0.15) is 24.2 Å². The second-order valence-electron chi connectivity index (χ2n) is 6.97. The molecule has 1 aliphatic heterocycles. The number of piperidine rings is 1. The van der Waals surface area contributed by atoms with Crippen LogP contribution in [0.3, 0.4) is 0 Å². The van der Waals surface area contributed by atoms with Gasteiger partial charge >= 0.3 is 6.18 Å². The van der Waals surface area contributed by atoms with Crippen LogP contribution in [-0.2, 0) is 6.18 Å². The summed E-state index contributed by atoms with van der Waals surface area (Å²) in [7, 11) is 0. The first-order valence-electron chi connectivity index (χ1n) is 9.13. The fraction of sp³-hybridized carbons (Fsp3) is 0.421. The van der Waals surface area contributed by atoms with Crippen LogP contribution >= 0.6 is 0 Å². The van der Waals surface area contributed by atoms with Crippen LogP contribution in [-0.4, -0.2) is 39.3 Å². The molecule has 0 atom stereocenters. The zero-order chi connectivity index (χ0) is 19.7. The highest BCUT2D eigenvalue weighted by Crippen LogP contribution is 2.29. The molecule has 0 amide bonds. The van der Waals surface area contributed by atoms with Crippen LogP contribution in [0.5, 0.6) is 5.88 Å². The van der Waals surface area contributed by atoms with Crippen LogP contribution < -0.4 is 9.64 Å². The normalized spacial score (nSPS) is 15.9. The fourth-order valence-electron chi connectivity index (χ4n) is 3.44. The molecule has 0 unspecified atom stereocenters. The number of fused-ring (bicyclic) bond motifs is 1. The van der Waals surface area contributed by atoms with Gasteiger partial charge in [0, 0.05) is 31.5 Å². The summed E-state index contributed by atoms with van der Waals surface area (Å²) < 4.78 is 45.6. The Morgan fingerprint density at radius 1 is 1.21 bits per heavy atom. The van der Waals surface area contributed by atoms with E-state index < -0.39 is 11.9 Å². The largest absolute Gasteiger partial charge is 0.477 e. The molecule has 1 aliphatic rings. The zero-order valence-corrected chi connectivity index (χ0v) is 15.4. The summed E-state index contributed by atoms with van der Waals surface area (Å²) in [5, 5.41) is 4.41. The maximum atomic E-state index is 12.7. The summed E-state index contributed by atoms with van der Waals surface area (Å²) >= 11 is 0. The van der Waals surface area contributed by atoms with Crippen molar-refractivity contribution in [2.75, 3.05) is 24.6 Å². The van der Waals surface area contributed by atoms with Gasteiger partial charge in [-0.25, -0.2) is 14.5 Å². The molecule has 9 heteroatoms. The van der Waals surface area contributed by atoms with Crippen molar-refractivity contribution in [2.24, 2.45) is 5.92 Å². The van der Waals surface area contributed by atoms with E-state index >= 15 is 0 Å². The Morgan fingerprint density at radius 2 is 2.00 bits per heavy atom. The summed E-state index contributed by atoms with van der Waals surface area (Å²) in [4.78, 5) is 10.3. The number of rotatable bonds is 4. The molecule has 28 heavy (non-hydrogen) atoms. The number of halogens is 3. The molecule has 3 aromatic rings. The third-order valence-electron chi connectivity index (χ3n) is 4.89. The van der Waals surface area contributed by atoms with Gasteiger partial charge in [-0.3, -0.25) is 0 Å². The number of hydrogen-bond acceptors (Lipinski definition) is 5. The Hall–Kier alpha value is -2.84. The van der Waals surface area contributed by atoms with Crippen LogP contribution in [0.2, 0.25) is 0 Å². The lowest BCUT2D eigenvalue weighted by Gasteiger charge is -2.32. The highest BCUT2D eigenvalue weighted by atomic mass is 19.4. The van der Waals surface area contributed by atoms with Gasteiger partial charge in [-0.15, -0.1) is 0 Å². The molecule has 148 valence electrons. The van der Waals surface area contributed by atoms with Crippen LogP contribution in [0.15, 0.2) is 36.7 Å². The number of alkyl halides is 3. The number of hydrogen-bond donors (Lipinski definition) is 0. The van der Waals surface area contributed by atoms with E-state index in [1.165, 1.54) is 12.1 Å². The predicted molar refractivity (Wildman–Crippen MR) is 97.4 cm³/mol. The highest BCUT2D eigenvalue weighted by Gasteiger charge is 2.32. The Bertz CT molecular complexity index is 964. The number of aromatic nitrogens is 4. The van der Waals surface area contributed by atoms with Gasteiger partial charge in [0.2, 0.25) is 5.88 Å². The minimum Gasteiger partial charge on any atom is -0.477 e. The Morgan fingerprint density at radius 3 is 2.75 bits per heavy atom. The minimum atomic E-state index is -4.47. The van der Waals surface area contributed by atoms with E-state index in [1.807, 2.05) is 23.7 Å². The van der Waals surface area contributed by atoms with Gasteiger partial charge in [-0.2, -0.15) is 18.3 Å². The molecule has 0 radical (unpaired) electrons. The van der Waals surface area contributed by atoms with E-state index in [1.54, 1.807) is 6.20 Å². The van der Waals surface area contributed by atoms with Crippen molar-refractivity contribution in [3.05, 3.63) is 48.0 Å². The highest BCUT2D eigenvalue weighted by molar-refractivity contribution is 5.69. The maximum absolute atomic E-state index is 12.7. The predicted octanol–water partition coefficient (Wildman–Crippen LogP) is 3.75. The number of ether oxygens (including phenoxy) is 1. The topological polar surface area (TPSA) is 55.5 Å². The summed E-state index contributed by atoms with van der Waals surface area (Å²) in [6.07, 6.45) is 0.839. The van der Waals surface area contributed by atoms with Gasteiger partial charge in [-0.05, 0) is 37.8 Å². The molecule has 4 rings (SSSR count). The van der Waals surface area contributed by atoms with Gasteiger partial charge in [0.05, 0.1) is 12.3 Å². The quantitative estimate of drug-likeness (QED) is 0.678. The summed E-state index contributed by atoms with van der Waals surface area (Å²) in [6.45, 7) is 3.91. The summed E-state index contributed by atoms with van der Waals surface area (Å²) in [6, 6.07) is 5.72. The first-order valence-corrected chi connectivity index (χ1v) is 9.13. The number of pyridine rings is 1. The van der Waals surface area contributed by atoms with Crippen molar-refractivity contribution in [3.8, 4) is 5.88 Å². The standard InChI is InChI=1S/C19H20F3N5O/c1-13-11-15-18(23-7-10-27(15)25-13)26-8-5-14(6-9-26)12-28-17-4-2-3-16(24-17)19(20,21)22/h2-4,7,10-11,14H,5-6,8-9,12H2,1H3. The van der Waals surface area contributed by atoms with E-state index in [0.29, 0.717) is 6.61 Å². The van der Waals surface area contributed by atoms with Crippen molar-refractivity contribution in [2.45, 2.75) is 25.9 Å². The molecule has 0 aromatic carbocycles. The van der Waals surface area contributed by atoms with Crippen LogP contribution in [0.4, 0.5) is 19.0 Å². The third kappa shape index (κ3) is 3.88. The molecule has 0 aliphatic carbocycles. The van der Waals surface area contributed by atoms with Gasteiger partial charge in [0.25, 0.3) is 0 Å².